The molecule has 88 valence electrons. The van der Waals surface area contributed by atoms with Gasteiger partial charge in [-0.05, 0) is 34.0 Å². The van der Waals surface area contributed by atoms with Gasteiger partial charge in [0, 0.05) is 0 Å². The molecule has 0 radical (unpaired) electrons. The molecule has 0 saturated carbocycles. The molecule has 1 aliphatic rings. The van der Waals surface area contributed by atoms with Gasteiger partial charge in [0.2, 0.25) is 0 Å². The van der Waals surface area contributed by atoms with Crippen LogP contribution in [0.25, 0.3) is 0 Å². The van der Waals surface area contributed by atoms with Crippen molar-refractivity contribution < 1.29 is 22.3 Å². The molecule has 0 amide bonds. The Hall–Kier alpha value is -0.105. The SMILES string of the molecule is CC1(C)OB(CCS(=O)(=O)O)OC1(C)C. The molecular weight excluding hydrogens is 219 g/mol. The zero-order chi connectivity index (χ0) is 11.9. The van der Waals surface area contributed by atoms with E-state index in [4.69, 9.17) is 13.9 Å². The summed E-state index contributed by atoms with van der Waals surface area (Å²) in [5.74, 6) is -0.343. The lowest BCUT2D eigenvalue weighted by Gasteiger charge is -2.32. The Morgan fingerprint density at radius 2 is 1.53 bits per heavy atom. The summed E-state index contributed by atoms with van der Waals surface area (Å²) >= 11 is 0. The molecule has 0 aromatic carbocycles. The Labute approximate surface area is 91.0 Å². The lowest BCUT2D eigenvalue weighted by Crippen LogP contribution is -2.41. The molecule has 1 aliphatic heterocycles. The average molecular weight is 236 g/mol. The smallest absolute Gasteiger partial charge is 0.403 e. The molecule has 1 fully saturated rings. The van der Waals surface area contributed by atoms with Crippen molar-refractivity contribution in [3.8, 4) is 0 Å². The molecular formula is C8H17BO5S. The Kier molecular flexibility index (Phi) is 3.22. The third-order valence-corrected chi connectivity index (χ3v) is 3.67. The van der Waals surface area contributed by atoms with Crippen LogP contribution >= 0.6 is 0 Å². The van der Waals surface area contributed by atoms with Crippen molar-refractivity contribution in [3.05, 3.63) is 0 Å². The molecule has 1 rings (SSSR count). The van der Waals surface area contributed by atoms with Gasteiger partial charge in [-0.25, -0.2) is 0 Å². The van der Waals surface area contributed by atoms with Crippen molar-refractivity contribution in [2.45, 2.75) is 45.2 Å². The van der Waals surface area contributed by atoms with Gasteiger partial charge in [0.25, 0.3) is 10.1 Å². The lowest BCUT2D eigenvalue weighted by molar-refractivity contribution is 0.00578. The van der Waals surface area contributed by atoms with Crippen molar-refractivity contribution >= 4 is 17.2 Å². The highest BCUT2D eigenvalue weighted by Crippen LogP contribution is 2.37. The molecule has 15 heavy (non-hydrogen) atoms. The maximum absolute atomic E-state index is 10.6. The van der Waals surface area contributed by atoms with E-state index in [-0.39, 0.29) is 12.1 Å². The summed E-state index contributed by atoms with van der Waals surface area (Å²) in [7, 11) is -4.52. The molecule has 0 spiro atoms. The van der Waals surface area contributed by atoms with E-state index in [9.17, 15) is 8.42 Å². The van der Waals surface area contributed by atoms with Crippen LogP contribution in [0.1, 0.15) is 27.7 Å². The van der Waals surface area contributed by atoms with Crippen molar-refractivity contribution in [1.29, 1.82) is 0 Å². The van der Waals surface area contributed by atoms with Crippen molar-refractivity contribution in [3.63, 3.8) is 0 Å². The second kappa shape index (κ2) is 3.73. The van der Waals surface area contributed by atoms with Crippen LogP contribution < -0.4 is 0 Å². The van der Waals surface area contributed by atoms with E-state index in [1.165, 1.54) is 0 Å². The van der Waals surface area contributed by atoms with Crippen molar-refractivity contribution in [2.24, 2.45) is 0 Å². The van der Waals surface area contributed by atoms with Crippen LogP contribution in [0.2, 0.25) is 6.32 Å². The summed E-state index contributed by atoms with van der Waals surface area (Å²) in [6.07, 6.45) is 0.145. The molecule has 1 N–H and O–H groups in total. The lowest BCUT2D eigenvalue weighted by atomic mass is 9.86. The molecule has 0 aromatic heterocycles. The van der Waals surface area contributed by atoms with Gasteiger partial charge in [0.1, 0.15) is 0 Å². The predicted molar refractivity (Wildman–Crippen MR) is 57.3 cm³/mol. The Morgan fingerprint density at radius 3 is 1.87 bits per heavy atom. The molecule has 0 aliphatic carbocycles. The Balaban J connectivity index is 2.57. The van der Waals surface area contributed by atoms with Gasteiger partial charge < -0.3 is 9.31 Å². The maximum Gasteiger partial charge on any atom is 0.458 e. The minimum atomic E-state index is -3.95. The van der Waals surface area contributed by atoms with E-state index in [2.05, 4.69) is 0 Å². The molecule has 7 heteroatoms. The van der Waals surface area contributed by atoms with Crippen LogP contribution in [0, 0.1) is 0 Å². The zero-order valence-electron chi connectivity index (χ0n) is 9.48. The quantitative estimate of drug-likeness (QED) is 0.583. The minimum absolute atomic E-state index is 0.145. The highest BCUT2D eigenvalue weighted by atomic mass is 32.2. The summed E-state index contributed by atoms with van der Waals surface area (Å²) in [6, 6.07) is 0. The first-order chi connectivity index (χ1) is 6.54. The average Bonchev–Trinajstić information content (AvgIpc) is 2.16. The van der Waals surface area contributed by atoms with Crippen LogP contribution in [0.15, 0.2) is 0 Å². The topological polar surface area (TPSA) is 72.8 Å². The molecule has 0 atom stereocenters. The standard InChI is InChI=1S/C8H17BO5S/c1-7(2)8(3,4)14-9(13-7)5-6-15(10,11)12/h5-6H2,1-4H3,(H,10,11,12). The number of hydrogen-bond acceptors (Lipinski definition) is 4. The third-order valence-electron chi connectivity index (χ3n) is 2.91. The highest BCUT2D eigenvalue weighted by Gasteiger charge is 2.50. The van der Waals surface area contributed by atoms with Crippen molar-refractivity contribution in [1.82, 2.24) is 0 Å². The molecule has 0 aromatic rings. The van der Waals surface area contributed by atoms with Gasteiger partial charge in [-0.15, -0.1) is 0 Å². The van der Waals surface area contributed by atoms with E-state index in [1.54, 1.807) is 0 Å². The molecule has 0 bridgehead atoms. The van der Waals surface area contributed by atoms with Gasteiger partial charge in [0.05, 0.1) is 17.0 Å². The van der Waals surface area contributed by atoms with E-state index < -0.39 is 28.4 Å². The summed E-state index contributed by atoms with van der Waals surface area (Å²) in [4.78, 5) is 0. The first-order valence-electron chi connectivity index (χ1n) is 4.84. The van der Waals surface area contributed by atoms with Crippen molar-refractivity contribution in [2.75, 3.05) is 5.75 Å². The third kappa shape index (κ3) is 3.17. The van der Waals surface area contributed by atoms with E-state index >= 15 is 0 Å². The Morgan fingerprint density at radius 1 is 1.13 bits per heavy atom. The molecule has 5 nitrogen and oxygen atoms in total. The van der Waals surface area contributed by atoms with Crippen LogP contribution in [0.3, 0.4) is 0 Å². The van der Waals surface area contributed by atoms with Crippen LogP contribution in [0.5, 0.6) is 0 Å². The summed E-state index contributed by atoms with van der Waals surface area (Å²) in [5.41, 5.74) is -0.923. The summed E-state index contributed by atoms with van der Waals surface area (Å²) in [6.45, 7) is 7.56. The molecule has 0 unspecified atom stereocenters. The van der Waals surface area contributed by atoms with Gasteiger partial charge in [0.15, 0.2) is 0 Å². The first-order valence-corrected chi connectivity index (χ1v) is 6.45. The van der Waals surface area contributed by atoms with Gasteiger partial charge in [-0.3, -0.25) is 4.55 Å². The predicted octanol–water partition coefficient (Wildman–Crippen LogP) is 0.966. The first kappa shape index (κ1) is 13.0. The van der Waals surface area contributed by atoms with Gasteiger partial charge >= 0.3 is 7.12 Å². The maximum atomic E-state index is 10.6. The van der Waals surface area contributed by atoms with Gasteiger partial charge in [-0.1, -0.05) is 0 Å². The van der Waals surface area contributed by atoms with E-state index in [0.717, 1.165) is 0 Å². The fraction of sp³-hybridized carbons (Fsp3) is 1.00. The van der Waals surface area contributed by atoms with Gasteiger partial charge in [-0.2, -0.15) is 8.42 Å². The Bertz CT molecular complexity index is 319. The normalized spacial score (nSPS) is 24.5. The number of hydrogen-bond donors (Lipinski definition) is 1. The largest absolute Gasteiger partial charge is 0.458 e. The second-order valence-corrected chi connectivity index (χ2v) is 6.33. The summed E-state index contributed by atoms with van der Waals surface area (Å²) in [5, 5.41) is 0. The van der Waals surface area contributed by atoms with Crippen LogP contribution in [-0.2, 0) is 19.4 Å². The fourth-order valence-corrected chi connectivity index (χ4v) is 1.82. The second-order valence-electron chi connectivity index (χ2n) is 4.76. The number of rotatable bonds is 3. The van der Waals surface area contributed by atoms with Crippen LogP contribution in [0.4, 0.5) is 0 Å². The fourth-order valence-electron chi connectivity index (χ4n) is 1.33. The van der Waals surface area contributed by atoms with E-state index in [0.29, 0.717) is 0 Å². The monoisotopic (exact) mass is 236 g/mol. The van der Waals surface area contributed by atoms with Crippen LogP contribution in [-0.4, -0.2) is 37.0 Å². The minimum Gasteiger partial charge on any atom is -0.403 e. The zero-order valence-corrected chi connectivity index (χ0v) is 10.3. The molecule has 1 heterocycles. The molecule has 1 saturated heterocycles. The van der Waals surface area contributed by atoms with E-state index in [1.807, 2.05) is 27.7 Å². The summed E-state index contributed by atoms with van der Waals surface area (Å²) < 4.78 is 40.8. The highest BCUT2D eigenvalue weighted by molar-refractivity contribution is 7.85.